The minimum absolute atomic E-state index is 0.0568. The molecule has 0 fully saturated rings. The first-order chi connectivity index (χ1) is 9.93. The molecule has 4 heteroatoms. The van der Waals surface area contributed by atoms with E-state index in [1.54, 1.807) is 12.1 Å². The summed E-state index contributed by atoms with van der Waals surface area (Å²) in [5, 5.41) is 4.15. The van der Waals surface area contributed by atoms with Crippen LogP contribution in [0.25, 0.3) is 0 Å². The third kappa shape index (κ3) is 3.65. The van der Waals surface area contributed by atoms with Gasteiger partial charge in [0.1, 0.15) is 5.82 Å². The van der Waals surface area contributed by atoms with E-state index in [-0.39, 0.29) is 11.9 Å². The smallest absolute Gasteiger partial charge is 0.137 e. The van der Waals surface area contributed by atoms with Crippen molar-refractivity contribution in [1.29, 1.82) is 0 Å². The molecule has 2 aromatic rings. The third-order valence-corrected chi connectivity index (χ3v) is 4.54. The average molecular weight is 371 g/mol. The van der Waals surface area contributed by atoms with Crippen LogP contribution >= 0.6 is 27.5 Å². The predicted molar refractivity (Wildman–Crippen MR) is 90.5 cm³/mol. The van der Waals surface area contributed by atoms with E-state index in [0.29, 0.717) is 4.47 Å². The van der Waals surface area contributed by atoms with Crippen molar-refractivity contribution < 1.29 is 4.39 Å². The summed E-state index contributed by atoms with van der Waals surface area (Å²) in [5.74, 6) is -0.264. The van der Waals surface area contributed by atoms with E-state index < -0.39 is 0 Å². The van der Waals surface area contributed by atoms with Crippen molar-refractivity contribution in [2.75, 3.05) is 6.54 Å². The second kappa shape index (κ2) is 6.91. The van der Waals surface area contributed by atoms with E-state index in [1.165, 1.54) is 17.2 Å². The van der Waals surface area contributed by atoms with Crippen LogP contribution in [0.15, 0.2) is 34.8 Å². The van der Waals surface area contributed by atoms with Crippen LogP contribution in [0.4, 0.5) is 4.39 Å². The molecular formula is C17H18BrClFN. The van der Waals surface area contributed by atoms with Gasteiger partial charge in [0.05, 0.1) is 10.5 Å². The van der Waals surface area contributed by atoms with Gasteiger partial charge in [-0.1, -0.05) is 30.7 Å². The predicted octanol–water partition coefficient (Wildman–Crippen LogP) is 5.56. The van der Waals surface area contributed by atoms with E-state index in [2.05, 4.69) is 34.2 Å². The molecule has 0 amide bonds. The van der Waals surface area contributed by atoms with Crippen LogP contribution in [0.3, 0.4) is 0 Å². The Morgan fingerprint density at radius 2 is 1.86 bits per heavy atom. The molecule has 1 N–H and O–H groups in total. The molecule has 2 aromatic carbocycles. The monoisotopic (exact) mass is 369 g/mol. The first kappa shape index (κ1) is 16.5. The SMILES string of the molecule is CCNC(c1ccc(F)c(Br)c1)c1cc(C)c(C)cc1Cl. The van der Waals surface area contributed by atoms with Gasteiger partial charge in [-0.2, -0.15) is 0 Å². The normalized spacial score (nSPS) is 12.5. The molecular weight excluding hydrogens is 353 g/mol. The molecule has 0 aliphatic rings. The number of aryl methyl sites for hydroxylation is 2. The van der Waals surface area contributed by atoms with Gasteiger partial charge in [0.25, 0.3) is 0 Å². The molecule has 0 radical (unpaired) electrons. The molecule has 21 heavy (non-hydrogen) atoms. The lowest BCUT2D eigenvalue weighted by Crippen LogP contribution is -2.22. The maximum atomic E-state index is 13.5. The number of nitrogens with one attached hydrogen (secondary N) is 1. The fourth-order valence-corrected chi connectivity index (χ4v) is 3.05. The van der Waals surface area contributed by atoms with Crippen LogP contribution < -0.4 is 5.32 Å². The highest BCUT2D eigenvalue weighted by atomic mass is 79.9. The van der Waals surface area contributed by atoms with E-state index in [9.17, 15) is 4.39 Å². The largest absolute Gasteiger partial charge is 0.306 e. The summed E-state index contributed by atoms with van der Waals surface area (Å²) in [6.45, 7) is 6.95. The highest BCUT2D eigenvalue weighted by Gasteiger charge is 2.18. The molecule has 0 spiro atoms. The summed E-state index contributed by atoms with van der Waals surface area (Å²) in [4.78, 5) is 0. The van der Waals surface area contributed by atoms with E-state index in [1.807, 2.05) is 19.9 Å². The van der Waals surface area contributed by atoms with Crippen LogP contribution in [0, 0.1) is 19.7 Å². The molecule has 0 saturated heterocycles. The fourth-order valence-electron chi connectivity index (χ4n) is 2.33. The lowest BCUT2D eigenvalue weighted by molar-refractivity contribution is 0.608. The Kier molecular flexibility index (Phi) is 5.42. The molecule has 0 aliphatic heterocycles. The first-order valence-electron chi connectivity index (χ1n) is 6.89. The second-order valence-corrected chi connectivity index (χ2v) is 6.38. The Hall–Kier alpha value is -0.900. The maximum absolute atomic E-state index is 13.5. The number of hydrogen-bond donors (Lipinski definition) is 1. The topological polar surface area (TPSA) is 12.0 Å². The van der Waals surface area contributed by atoms with Crippen molar-refractivity contribution >= 4 is 27.5 Å². The van der Waals surface area contributed by atoms with E-state index in [0.717, 1.165) is 22.7 Å². The van der Waals surface area contributed by atoms with Gasteiger partial charge < -0.3 is 5.32 Å². The summed E-state index contributed by atoms with van der Waals surface area (Å²) >= 11 is 9.67. The van der Waals surface area contributed by atoms with Gasteiger partial charge in [-0.25, -0.2) is 4.39 Å². The van der Waals surface area contributed by atoms with Crippen molar-refractivity contribution in [3.63, 3.8) is 0 Å². The van der Waals surface area contributed by atoms with Gasteiger partial charge in [0.15, 0.2) is 0 Å². The molecule has 1 unspecified atom stereocenters. The number of rotatable bonds is 4. The maximum Gasteiger partial charge on any atom is 0.137 e. The Bertz CT molecular complexity index is 657. The third-order valence-electron chi connectivity index (χ3n) is 3.61. The minimum atomic E-state index is -0.264. The molecule has 0 aromatic heterocycles. The Labute approximate surface area is 138 Å². The van der Waals surface area contributed by atoms with Crippen LogP contribution in [0.1, 0.15) is 35.2 Å². The second-order valence-electron chi connectivity index (χ2n) is 5.12. The van der Waals surface area contributed by atoms with Crippen LogP contribution in [-0.2, 0) is 0 Å². The summed E-state index contributed by atoms with van der Waals surface area (Å²) in [7, 11) is 0. The van der Waals surface area contributed by atoms with Gasteiger partial charge in [0.2, 0.25) is 0 Å². The number of hydrogen-bond acceptors (Lipinski definition) is 1. The Morgan fingerprint density at radius 1 is 1.19 bits per heavy atom. The summed E-state index contributed by atoms with van der Waals surface area (Å²) in [6, 6.07) is 9.09. The molecule has 2 rings (SSSR count). The molecule has 0 bridgehead atoms. The highest BCUT2D eigenvalue weighted by molar-refractivity contribution is 9.10. The quantitative estimate of drug-likeness (QED) is 0.743. The van der Waals surface area contributed by atoms with Gasteiger partial charge >= 0.3 is 0 Å². The zero-order valence-corrected chi connectivity index (χ0v) is 14.6. The van der Waals surface area contributed by atoms with Crippen LogP contribution in [0.2, 0.25) is 5.02 Å². The number of halogens is 3. The molecule has 0 saturated carbocycles. The van der Waals surface area contributed by atoms with Gasteiger partial charge in [-0.3, -0.25) is 0 Å². The van der Waals surface area contributed by atoms with Gasteiger partial charge in [-0.05, 0) is 76.8 Å². The van der Waals surface area contributed by atoms with Crippen LogP contribution in [-0.4, -0.2) is 6.54 Å². The van der Waals surface area contributed by atoms with E-state index >= 15 is 0 Å². The lowest BCUT2D eigenvalue weighted by Gasteiger charge is -2.22. The first-order valence-corrected chi connectivity index (χ1v) is 8.06. The average Bonchev–Trinajstić information content (AvgIpc) is 2.44. The summed E-state index contributed by atoms with van der Waals surface area (Å²) in [6.07, 6.45) is 0. The van der Waals surface area contributed by atoms with Crippen molar-refractivity contribution in [3.05, 3.63) is 67.9 Å². The Balaban J connectivity index is 2.52. The van der Waals surface area contributed by atoms with Crippen LogP contribution in [0.5, 0.6) is 0 Å². The van der Waals surface area contributed by atoms with Crippen molar-refractivity contribution in [1.82, 2.24) is 5.32 Å². The van der Waals surface area contributed by atoms with Crippen molar-refractivity contribution in [3.8, 4) is 0 Å². The van der Waals surface area contributed by atoms with Gasteiger partial charge in [-0.15, -0.1) is 0 Å². The summed E-state index contributed by atoms with van der Waals surface area (Å²) < 4.78 is 13.9. The zero-order valence-electron chi connectivity index (χ0n) is 12.3. The van der Waals surface area contributed by atoms with E-state index in [4.69, 9.17) is 11.6 Å². The zero-order chi connectivity index (χ0) is 15.6. The minimum Gasteiger partial charge on any atom is -0.306 e. The highest BCUT2D eigenvalue weighted by Crippen LogP contribution is 2.32. The fraction of sp³-hybridized carbons (Fsp3) is 0.294. The van der Waals surface area contributed by atoms with Crippen molar-refractivity contribution in [2.24, 2.45) is 0 Å². The summed E-state index contributed by atoms with van der Waals surface area (Å²) in [5.41, 5.74) is 4.35. The molecule has 0 heterocycles. The molecule has 0 aliphatic carbocycles. The molecule has 1 atom stereocenters. The van der Waals surface area contributed by atoms with Gasteiger partial charge in [0, 0.05) is 5.02 Å². The Morgan fingerprint density at radius 3 is 2.48 bits per heavy atom. The number of benzene rings is 2. The lowest BCUT2D eigenvalue weighted by atomic mass is 9.95. The molecule has 1 nitrogen and oxygen atoms in total. The standard InChI is InChI=1S/C17H18BrClFN/c1-4-21-17(12-5-6-16(20)14(18)9-12)13-7-10(2)11(3)8-15(13)19/h5-9,17,21H,4H2,1-3H3. The van der Waals surface area contributed by atoms with Crippen molar-refractivity contribution in [2.45, 2.75) is 26.8 Å². The molecule has 112 valence electrons.